The zero-order valence-corrected chi connectivity index (χ0v) is 41.7. The minimum atomic E-state index is -0.782. The van der Waals surface area contributed by atoms with E-state index in [1.54, 1.807) is 0 Å². The first-order chi connectivity index (χ1) is 34.7. The largest absolute Gasteiger partial charge is 0.506 e. The van der Waals surface area contributed by atoms with Gasteiger partial charge in [0.25, 0.3) is 0 Å². The van der Waals surface area contributed by atoms with Gasteiger partial charge >= 0.3 is 11.4 Å². The maximum absolute atomic E-state index is 14.7. The molecule has 6 aromatic rings. The number of fused-ring (bicyclic) bond motifs is 2. The van der Waals surface area contributed by atoms with Crippen LogP contribution in [0.15, 0.2) is 46.2 Å². The Labute approximate surface area is 429 Å². The summed E-state index contributed by atoms with van der Waals surface area (Å²) in [4.78, 5) is 52.6. The number of nitrogens with zero attached hydrogens (tertiary/aromatic N) is 16. The van der Waals surface area contributed by atoms with Gasteiger partial charge in [0.1, 0.15) is 40.3 Å². The van der Waals surface area contributed by atoms with E-state index in [0.717, 1.165) is 75.6 Å². The molecule has 2 aromatic carbocycles. The standard InChI is InChI=1S/C23H27FN10O2.C15H20ClN5.C8H8FN5O2.CH4/c1-23(2)11-13(8-14-6-5-7-33(14)23)27-20-17(25-3)12-26-21(29-20)28-16-10-18(19(35)9-15(16)24)34-22(36)32(4)30-31-34;1-15(2)8-10(7-11-5-4-6-21(11)15)19-13-12(17-3)9-18-14(16)20-13;1-13-8(16)14(12-11-13)6-3-5(10)4(9)2-7(6)15;/h9-10,12-14,35H,5-8,11H2,1-2,4H3,(H2,26,27,28,29);9-11H,4-8H2,1-2H3,(H,18,19,20);2-3,15H,10H2,1H3;1H4/t13-,14+;10-,11+;;/m11../s1. The number of hydrogen-bond acceptors (Lipinski definition) is 18. The average molecular weight is 1040 g/mol. The van der Waals surface area contributed by atoms with Crippen LogP contribution in [-0.2, 0) is 14.1 Å². The zero-order valence-electron chi connectivity index (χ0n) is 40.9. The van der Waals surface area contributed by atoms with E-state index in [1.807, 2.05) is 0 Å². The fourth-order valence-electron chi connectivity index (χ4n) is 10.4. The number of phenolic OH excluding ortho intramolecular Hbond substituents is 2. The molecule has 0 bridgehead atoms. The van der Waals surface area contributed by atoms with Crippen LogP contribution in [0.3, 0.4) is 0 Å². The number of piperidine rings is 2. The quantitative estimate of drug-likeness (QED) is 0.0426. The Balaban J connectivity index is 0.000000178. The number of aromatic nitrogens is 12. The van der Waals surface area contributed by atoms with E-state index in [9.17, 15) is 28.6 Å². The van der Waals surface area contributed by atoms with Crippen molar-refractivity contribution in [1.82, 2.24) is 69.3 Å². The van der Waals surface area contributed by atoms with Crippen molar-refractivity contribution in [3.63, 3.8) is 0 Å². The highest BCUT2D eigenvalue weighted by molar-refractivity contribution is 6.28. The minimum absolute atomic E-state index is 0. The van der Waals surface area contributed by atoms with Gasteiger partial charge in [-0.2, -0.15) is 18.7 Å². The number of halogens is 3. The van der Waals surface area contributed by atoms with Crippen molar-refractivity contribution in [1.29, 1.82) is 0 Å². The Bertz CT molecular complexity index is 3230. The molecule has 0 aliphatic carbocycles. The van der Waals surface area contributed by atoms with Crippen LogP contribution >= 0.6 is 11.6 Å². The molecule has 0 saturated carbocycles. The van der Waals surface area contributed by atoms with E-state index in [2.05, 4.69) is 104 Å². The van der Waals surface area contributed by atoms with Crippen molar-refractivity contribution in [3.05, 3.63) is 97.4 Å². The molecule has 7 N–H and O–H groups in total. The molecule has 0 radical (unpaired) electrons. The van der Waals surface area contributed by atoms with Crippen LogP contribution < -0.4 is 33.1 Å². The van der Waals surface area contributed by atoms with Gasteiger partial charge in [-0.25, -0.2) is 48.0 Å². The van der Waals surface area contributed by atoms with E-state index in [4.69, 9.17) is 30.5 Å². The van der Waals surface area contributed by atoms with Crippen LogP contribution in [-0.4, -0.2) is 128 Å². The molecule has 4 aromatic heterocycles. The number of phenols is 2. The second-order valence-corrected chi connectivity index (χ2v) is 19.9. The van der Waals surface area contributed by atoms with E-state index in [-0.39, 0.29) is 64.2 Å². The predicted octanol–water partition coefficient (Wildman–Crippen LogP) is 6.24. The summed E-state index contributed by atoms with van der Waals surface area (Å²) in [6.45, 7) is 26.2. The Morgan fingerprint density at radius 1 is 0.730 bits per heavy atom. The number of anilines is 5. The van der Waals surface area contributed by atoms with Crippen molar-refractivity contribution >= 4 is 51.9 Å². The van der Waals surface area contributed by atoms with Crippen molar-refractivity contribution in [2.45, 2.75) is 122 Å². The van der Waals surface area contributed by atoms with Gasteiger partial charge in [0.2, 0.25) is 22.6 Å². The van der Waals surface area contributed by atoms with E-state index >= 15 is 0 Å². The van der Waals surface area contributed by atoms with Crippen LogP contribution in [0.1, 0.15) is 86.5 Å². The summed E-state index contributed by atoms with van der Waals surface area (Å²) >= 11 is 5.86. The molecular weight excluding hydrogens is 982 g/mol. The molecule has 0 unspecified atom stereocenters. The molecule has 27 heteroatoms. The number of aryl methyl sites for hydroxylation is 2. The molecule has 4 saturated heterocycles. The van der Waals surface area contributed by atoms with Crippen molar-refractivity contribution < 1.29 is 19.0 Å². The first-order valence-corrected chi connectivity index (χ1v) is 23.8. The predicted molar refractivity (Wildman–Crippen MR) is 273 cm³/mol. The highest BCUT2D eigenvalue weighted by atomic mass is 35.5. The lowest BCUT2D eigenvalue weighted by atomic mass is 9.84. The summed E-state index contributed by atoms with van der Waals surface area (Å²) in [5, 5.41) is 43.8. The number of rotatable bonds is 8. The Kier molecular flexibility index (Phi) is 15.8. The fraction of sp³-hybridized carbons (Fsp3) is 0.489. The number of hydrogen-bond donors (Lipinski definition) is 6. The Hall–Kier alpha value is -7.81. The van der Waals surface area contributed by atoms with Gasteiger partial charge in [-0.05, 0) is 137 Å². The molecule has 0 spiro atoms. The second kappa shape index (κ2) is 21.7. The number of nitrogens with one attached hydrogen (secondary N) is 3. The average Bonchev–Trinajstić information content (AvgIpc) is 4.15. The second-order valence-electron chi connectivity index (χ2n) is 19.6. The lowest BCUT2D eigenvalue weighted by Crippen LogP contribution is -2.55. The minimum Gasteiger partial charge on any atom is -0.506 e. The van der Waals surface area contributed by atoms with Crippen molar-refractivity contribution in [2.75, 3.05) is 34.8 Å². The number of tetrazole rings is 2. The molecule has 74 heavy (non-hydrogen) atoms. The van der Waals surface area contributed by atoms with Gasteiger partial charge in [-0.1, -0.05) is 7.43 Å². The zero-order chi connectivity index (χ0) is 52.5. The maximum Gasteiger partial charge on any atom is 0.368 e. The van der Waals surface area contributed by atoms with Gasteiger partial charge in [0.15, 0.2) is 5.82 Å². The number of nitrogen functional groups attached to an aromatic ring is 1. The summed E-state index contributed by atoms with van der Waals surface area (Å²) in [6, 6.07) is 5.60. The number of nitrogens with two attached hydrogens (primary N) is 1. The van der Waals surface area contributed by atoms with Gasteiger partial charge in [-0.15, -0.1) is 0 Å². The summed E-state index contributed by atoms with van der Waals surface area (Å²) < 4.78 is 31.3. The summed E-state index contributed by atoms with van der Waals surface area (Å²) in [5.74, 6) is -1.46. The van der Waals surface area contributed by atoms with Gasteiger partial charge in [0, 0.05) is 73.9 Å². The summed E-state index contributed by atoms with van der Waals surface area (Å²) in [5.41, 5.74) is 4.73. The number of aromatic hydroxyl groups is 2. The lowest BCUT2D eigenvalue weighted by Gasteiger charge is -2.48. The Morgan fingerprint density at radius 2 is 1.20 bits per heavy atom. The lowest BCUT2D eigenvalue weighted by molar-refractivity contribution is 0.0499. The molecule has 24 nitrogen and oxygen atoms in total. The van der Waals surface area contributed by atoms with E-state index in [1.165, 1.54) is 58.4 Å². The van der Waals surface area contributed by atoms with E-state index < -0.39 is 34.5 Å². The first-order valence-electron chi connectivity index (χ1n) is 23.4. The molecule has 392 valence electrons. The third-order valence-corrected chi connectivity index (χ3v) is 13.8. The van der Waals surface area contributed by atoms with Gasteiger partial charge in [0.05, 0.1) is 24.5 Å². The van der Waals surface area contributed by atoms with Gasteiger partial charge in [-0.3, -0.25) is 9.80 Å². The molecule has 4 atom stereocenters. The molecule has 10 rings (SSSR count). The number of benzene rings is 2. The molecule has 8 heterocycles. The van der Waals surface area contributed by atoms with Crippen LogP contribution in [0, 0.1) is 24.8 Å². The van der Waals surface area contributed by atoms with E-state index in [0.29, 0.717) is 35.4 Å². The van der Waals surface area contributed by atoms with Crippen LogP contribution in [0.25, 0.3) is 21.1 Å². The topological polar surface area (TPSA) is 275 Å². The molecule has 4 aliphatic heterocycles. The monoisotopic (exact) mass is 1040 g/mol. The normalized spacial score (nSPS) is 20.5. The van der Waals surface area contributed by atoms with Gasteiger partial charge < -0.3 is 31.9 Å². The highest BCUT2D eigenvalue weighted by Crippen LogP contribution is 2.41. The first kappa shape index (κ1) is 54.0. The molecule has 0 amide bonds. The van der Waals surface area contributed by atoms with Crippen molar-refractivity contribution in [3.8, 4) is 22.9 Å². The summed E-state index contributed by atoms with van der Waals surface area (Å²) in [7, 11) is 2.81. The van der Waals surface area contributed by atoms with Crippen LogP contribution in [0.4, 0.5) is 49.1 Å². The fourth-order valence-corrected chi connectivity index (χ4v) is 10.5. The third kappa shape index (κ3) is 11.4. The molecular formula is C47H59ClF2N20O4. The Morgan fingerprint density at radius 3 is 1.69 bits per heavy atom. The van der Waals surface area contributed by atoms with Crippen LogP contribution in [0.2, 0.25) is 5.28 Å². The smallest absolute Gasteiger partial charge is 0.368 e. The SMILES string of the molecule is C.Cn1nnn(-c2cc(N)c(F)cc2O)c1=O.[C-]#[N+]c1cnc(Cl)nc1N[C@@H]1C[C@@H]2CCCN2C(C)(C)C1.[C-]#[N+]c1cnc(Nc2cc(-n3nnn(C)c3=O)c(O)cc2F)nc1N[C@@H]1C[C@@H]2CCCN2C(C)(C)C1. The summed E-state index contributed by atoms with van der Waals surface area (Å²) in [6.07, 6.45) is 11.8. The van der Waals surface area contributed by atoms with Crippen LogP contribution in [0.5, 0.6) is 11.5 Å². The molecule has 4 fully saturated rings. The highest BCUT2D eigenvalue weighted by Gasteiger charge is 2.44. The maximum atomic E-state index is 14.7. The molecule has 4 aliphatic rings. The van der Waals surface area contributed by atoms with Crippen molar-refractivity contribution in [2.24, 2.45) is 14.1 Å². The third-order valence-electron chi connectivity index (χ3n) is 13.7.